The molecule has 0 aliphatic rings. The quantitative estimate of drug-likeness (QED) is 0.692. The Balaban J connectivity index is 3.24. The van der Waals surface area contributed by atoms with E-state index in [0.29, 0.717) is 0 Å². The molecule has 0 N–H and O–H groups in total. The van der Waals surface area contributed by atoms with Crippen LogP contribution in [0.1, 0.15) is 24.0 Å². The Morgan fingerprint density at radius 3 is 2.69 bits per heavy atom. The summed E-state index contributed by atoms with van der Waals surface area (Å²) in [6.45, 7) is 3.87. The first-order valence-corrected chi connectivity index (χ1v) is 4.23. The van der Waals surface area contributed by atoms with Gasteiger partial charge in [0.2, 0.25) is 0 Å². The molecule has 0 saturated carbocycles. The van der Waals surface area contributed by atoms with Crippen LogP contribution in [0.3, 0.4) is 0 Å². The molecule has 0 radical (unpaired) electrons. The standard InChI is InChI=1S/C11H13NO/c1-8-5-4-6-10(13-3)11(8)9(2)7-12/h4-6,9H,1-3H3. The molecule has 1 aromatic rings. The largest absolute Gasteiger partial charge is 0.496 e. The third-order valence-corrected chi connectivity index (χ3v) is 2.13. The zero-order valence-electron chi connectivity index (χ0n) is 8.16. The topological polar surface area (TPSA) is 33.0 Å². The van der Waals surface area contributed by atoms with Gasteiger partial charge in [0, 0.05) is 5.56 Å². The maximum Gasteiger partial charge on any atom is 0.123 e. The molecule has 1 unspecified atom stereocenters. The lowest BCUT2D eigenvalue weighted by molar-refractivity contribution is 0.408. The minimum Gasteiger partial charge on any atom is -0.496 e. The van der Waals surface area contributed by atoms with Crippen molar-refractivity contribution in [2.45, 2.75) is 19.8 Å². The minimum absolute atomic E-state index is 0.115. The Hall–Kier alpha value is -1.49. The molecule has 0 spiro atoms. The van der Waals surface area contributed by atoms with Crippen LogP contribution in [0.5, 0.6) is 5.75 Å². The highest BCUT2D eigenvalue weighted by molar-refractivity contribution is 5.44. The van der Waals surface area contributed by atoms with Crippen molar-refractivity contribution in [3.05, 3.63) is 29.3 Å². The zero-order valence-corrected chi connectivity index (χ0v) is 8.16. The number of nitriles is 1. The minimum atomic E-state index is -0.115. The van der Waals surface area contributed by atoms with Gasteiger partial charge in [-0.3, -0.25) is 0 Å². The lowest BCUT2D eigenvalue weighted by Crippen LogP contribution is -1.98. The molecule has 0 aromatic heterocycles. The van der Waals surface area contributed by atoms with Crippen LogP contribution in [0.4, 0.5) is 0 Å². The predicted octanol–water partition coefficient (Wildman–Crippen LogP) is 2.63. The molecular weight excluding hydrogens is 162 g/mol. The highest BCUT2D eigenvalue weighted by Gasteiger charge is 2.12. The Labute approximate surface area is 78.8 Å². The van der Waals surface area contributed by atoms with Crippen LogP contribution in [0.2, 0.25) is 0 Å². The summed E-state index contributed by atoms with van der Waals surface area (Å²) in [6, 6.07) is 8.03. The molecule has 2 heteroatoms. The number of methoxy groups -OCH3 is 1. The number of nitrogens with zero attached hydrogens (tertiary/aromatic N) is 1. The predicted molar refractivity (Wildman–Crippen MR) is 51.8 cm³/mol. The first kappa shape index (κ1) is 9.60. The lowest BCUT2D eigenvalue weighted by Gasteiger charge is -2.12. The molecule has 0 aliphatic heterocycles. The summed E-state index contributed by atoms with van der Waals surface area (Å²) in [6.07, 6.45) is 0. The van der Waals surface area contributed by atoms with Gasteiger partial charge in [0.1, 0.15) is 5.75 Å². The second kappa shape index (κ2) is 3.95. The van der Waals surface area contributed by atoms with Crippen molar-refractivity contribution in [3.8, 4) is 11.8 Å². The first-order chi connectivity index (χ1) is 6.20. The SMILES string of the molecule is COc1cccc(C)c1C(C)C#N. The fraction of sp³-hybridized carbons (Fsp3) is 0.364. The van der Waals surface area contributed by atoms with Gasteiger partial charge in [0.25, 0.3) is 0 Å². The van der Waals surface area contributed by atoms with E-state index in [1.807, 2.05) is 32.0 Å². The van der Waals surface area contributed by atoms with Gasteiger partial charge < -0.3 is 4.74 Å². The second-order valence-corrected chi connectivity index (χ2v) is 3.04. The molecule has 13 heavy (non-hydrogen) atoms. The molecule has 2 nitrogen and oxygen atoms in total. The first-order valence-electron chi connectivity index (χ1n) is 4.23. The number of aryl methyl sites for hydroxylation is 1. The third-order valence-electron chi connectivity index (χ3n) is 2.13. The Morgan fingerprint density at radius 2 is 2.15 bits per heavy atom. The van der Waals surface area contributed by atoms with E-state index >= 15 is 0 Å². The summed E-state index contributed by atoms with van der Waals surface area (Å²) in [7, 11) is 1.63. The third kappa shape index (κ3) is 1.81. The van der Waals surface area contributed by atoms with E-state index in [1.54, 1.807) is 7.11 Å². The summed E-state index contributed by atoms with van der Waals surface area (Å²) in [5.74, 6) is 0.685. The summed E-state index contributed by atoms with van der Waals surface area (Å²) in [4.78, 5) is 0. The van der Waals surface area contributed by atoms with Gasteiger partial charge in [-0.2, -0.15) is 5.26 Å². The number of benzene rings is 1. The van der Waals surface area contributed by atoms with Gasteiger partial charge in [0.05, 0.1) is 19.1 Å². The molecule has 68 valence electrons. The number of ether oxygens (including phenoxy) is 1. The Kier molecular flexibility index (Phi) is 2.92. The molecule has 0 fully saturated rings. The Morgan fingerprint density at radius 1 is 1.46 bits per heavy atom. The van der Waals surface area contributed by atoms with Crippen molar-refractivity contribution in [3.63, 3.8) is 0 Å². The normalized spacial score (nSPS) is 11.8. The van der Waals surface area contributed by atoms with Crippen molar-refractivity contribution in [1.29, 1.82) is 5.26 Å². The second-order valence-electron chi connectivity index (χ2n) is 3.04. The summed E-state index contributed by atoms with van der Waals surface area (Å²) in [5, 5.41) is 8.83. The highest BCUT2D eigenvalue weighted by Crippen LogP contribution is 2.28. The van der Waals surface area contributed by atoms with Gasteiger partial charge in [-0.05, 0) is 25.5 Å². The van der Waals surface area contributed by atoms with Crippen LogP contribution in [-0.2, 0) is 0 Å². The van der Waals surface area contributed by atoms with E-state index < -0.39 is 0 Å². The van der Waals surface area contributed by atoms with Gasteiger partial charge in [0.15, 0.2) is 0 Å². The van der Waals surface area contributed by atoms with Crippen molar-refractivity contribution in [1.82, 2.24) is 0 Å². The maximum atomic E-state index is 8.83. The van der Waals surface area contributed by atoms with E-state index in [1.165, 1.54) is 0 Å². The molecule has 0 heterocycles. The van der Waals surface area contributed by atoms with Crippen molar-refractivity contribution >= 4 is 0 Å². The van der Waals surface area contributed by atoms with Gasteiger partial charge in [-0.1, -0.05) is 12.1 Å². The van der Waals surface area contributed by atoms with Gasteiger partial charge in [-0.25, -0.2) is 0 Å². The van der Waals surface area contributed by atoms with Gasteiger partial charge in [-0.15, -0.1) is 0 Å². The van der Waals surface area contributed by atoms with Crippen LogP contribution >= 0.6 is 0 Å². The average molecular weight is 175 g/mol. The maximum absolute atomic E-state index is 8.83. The van der Waals surface area contributed by atoms with Crippen LogP contribution < -0.4 is 4.74 Å². The van der Waals surface area contributed by atoms with E-state index in [-0.39, 0.29) is 5.92 Å². The molecule has 1 aromatic carbocycles. The molecule has 0 aliphatic carbocycles. The van der Waals surface area contributed by atoms with Crippen LogP contribution in [-0.4, -0.2) is 7.11 Å². The molecule has 0 saturated heterocycles. The average Bonchev–Trinajstić information content (AvgIpc) is 2.16. The van der Waals surface area contributed by atoms with Gasteiger partial charge >= 0.3 is 0 Å². The fourth-order valence-electron chi connectivity index (χ4n) is 1.45. The summed E-state index contributed by atoms with van der Waals surface area (Å²) >= 11 is 0. The fourth-order valence-corrected chi connectivity index (χ4v) is 1.45. The monoisotopic (exact) mass is 175 g/mol. The summed E-state index contributed by atoms with van der Waals surface area (Å²) in [5.41, 5.74) is 2.10. The lowest BCUT2D eigenvalue weighted by atomic mass is 9.97. The molecule has 1 atom stereocenters. The van der Waals surface area contributed by atoms with Crippen LogP contribution in [0, 0.1) is 18.3 Å². The van der Waals surface area contributed by atoms with Crippen molar-refractivity contribution < 1.29 is 4.74 Å². The van der Waals surface area contributed by atoms with E-state index in [4.69, 9.17) is 10.00 Å². The van der Waals surface area contributed by atoms with Crippen LogP contribution in [0.15, 0.2) is 18.2 Å². The van der Waals surface area contributed by atoms with Crippen LogP contribution in [0.25, 0.3) is 0 Å². The van der Waals surface area contributed by atoms with Crippen molar-refractivity contribution in [2.24, 2.45) is 0 Å². The number of hydrogen-bond acceptors (Lipinski definition) is 2. The van der Waals surface area contributed by atoms with E-state index in [2.05, 4.69) is 6.07 Å². The molecule has 0 bridgehead atoms. The zero-order chi connectivity index (χ0) is 9.84. The molecule has 1 rings (SSSR count). The summed E-state index contributed by atoms with van der Waals surface area (Å²) < 4.78 is 5.20. The number of hydrogen-bond donors (Lipinski definition) is 0. The number of rotatable bonds is 2. The highest BCUT2D eigenvalue weighted by atomic mass is 16.5. The Bertz CT molecular complexity index is 338. The van der Waals surface area contributed by atoms with E-state index in [9.17, 15) is 0 Å². The van der Waals surface area contributed by atoms with Crippen molar-refractivity contribution in [2.75, 3.05) is 7.11 Å². The molecule has 0 amide bonds. The van der Waals surface area contributed by atoms with E-state index in [0.717, 1.165) is 16.9 Å². The molecular formula is C11H13NO. The smallest absolute Gasteiger partial charge is 0.123 e.